The summed E-state index contributed by atoms with van der Waals surface area (Å²) in [4.78, 5) is 10.7. The van der Waals surface area contributed by atoms with Gasteiger partial charge in [0.1, 0.15) is 6.04 Å². The summed E-state index contributed by atoms with van der Waals surface area (Å²) in [6.45, 7) is -0.191. The lowest BCUT2D eigenvalue weighted by Crippen LogP contribution is -2.32. The molecule has 1 atom stereocenters. The van der Waals surface area contributed by atoms with Gasteiger partial charge in [0.25, 0.3) is 0 Å². The number of nitrogens with one attached hydrogen (secondary N) is 1. The number of carbonyl (C=O) groups is 1. The van der Waals surface area contributed by atoms with Crippen LogP contribution in [0.3, 0.4) is 0 Å². The summed E-state index contributed by atoms with van der Waals surface area (Å²) in [6, 6.07) is -0.268. The number of hydrogen-bond acceptors (Lipinski definition) is 3. The largest absolute Gasteiger partial charge is 0.433 e. The Morgan fingerprint density at radius 3 is 3.10 bits per heavy atom. The fourth-order valence-electron chi connectivity index (χ4n) is 1.04. The highest BCUT2D eigenvalue weighted by molar-refractivity contribution is 5.75. The van der Waals surface area contributed by atoms with Gasteiger partial charge in [0.2, 0.25) is 6.86 Å². The molecule has 3 nitrogen and oxygen atoms in total. The highest BCUT2D eigenvalue weighted by atomic mass is 19.1. The summed E-state index contributed by atoms with van der Waals surface area (Å²) in [5.74, 6) is -0.472. The molecule has 1 rings (SSSR count). The third-order valence-corrected chi connectivity index (χ3v) is 1.54. The van der Waals surface area contributed by atoms with Crippen molar-refractivity contribution in [3.8, 4) is 0 Å². The standard InChI is InChI=1S/C6H10FNO2/c7-4-10-6(9)5-2-1-3-8-5/h5,8H,1-4H2/t5-/m0/s1. The van der Waals surface area contributed by atoms with Crippen molar-refractivity contribution in [1.29, 1.82) is 0 Å². The molecule has 0 aromatic heterocycles. The summed E-state index contributed by atoms with van der Waals surface area (Å²) in [5.41, 5.74) is 0. The number of rotatable bonds is 2. The van der Waals surface area contributed by atoms with E-state index in [0.29, 0.717) is 0 Å². The van der Waals surface area contributed by atoms with Crippen LogP contribution >= 0.6 is 0 Å². The normalized spacial score (nSPS) is 24.7. The summed E-state index contributed by atoms with van der Waals surface area (Å²) in [6.07, 6.45) is 1.73. The zero-order valence-corrected chi connectivity index (χ0v) is 5.60. The predicted molar refractivity (Wildman–Crippen MR) is 33.1 cm³/mol. The third-order valence-electron chi connectivity index (χ3n) is 1.54. The number of carbonyl (C=O) groups excluding carboxylic acids is 1. The van der Waals surface area contributed by atoms with E-state index in [9.17, 15) is 9.18 Å². The molecule has 0 saturated carbocycles. The van der Waals surface area contributed by atoms with E-state index in [-0.39, 0.29) is 6.04 Å². The first-order valence-corrected chi connectivity index (χ1v) is 3.30. The van der Waals surface area contributed by atoms with Crippen LogP contribution in [0.4, 0.5) is 4.39 Å². The smallest absolute Gasteiger partial charge is 0.325 e. The molecular weight excluding hydrogens is 137 g/mol. The minimum atomic E-state index is -1.02. The Morgan fingerprint density at radius 1 is 1.80 bits per heavy atom. The van der Waals surface area contributed by atoms with Gasteiger partial charge < -0.3 is 10.1 Å². The van der Waals surface area contributed by atoms with Gasteiger partial charge in [-0.2, -0.15) is 0 Å². The van der Waals surface area contributed by atoms with Gasteiger partial charge in [-0.3, -0.25) is 4.79 Å². The fourth-order valence-corrected chi connectivity index (χ4v) is 1.04. The fraction of sp³-hybridized carbons (Fsp3) is 0.833. The molecule has 1 aliphatic rings. The van der Waals surface area contributed by atoms with E-state index in [1.807, 2.05) is 0 Å². The molecule has 0 amide bonds. The Bertz CT molecular complexity index is 123. The number of halogens is 1. The van der Waals surface area contributed by atoms with Crippen LogP contribution in [0.2, 0.25) is 0 Å². The molecule has 4 heteroatoms. The Labute approximate surface area is 58.5 Å². The molecule has 0 aliphatic carbocycles. The Kier molecular flexibility index (Phi) is 2.62. The summed E-state index contributed by atoms with van der Waals surface area (Å²) in [5, 5.41) is 2.90. The zero-order valence-electron chi connectivity index (χ0n) is 5.60. The first-order valence-electron chi connectivity index (χ1n) is 3.30. The van der Waals surface area contributed by atoms with Crippen molar-refractivity contribution in [1.82, 2.24) is 5.32 Å². The minimum Gasteiger partial charge on any atom is -0.433 e. The maximum Gasteiger partial charge on any atom is 0.325 e. The van der Waals surface area contributed by atoms with Gasteiger partial charge in [0.15, 0.2) is 0 Å². The van der Waals surface area contributed by atoms with Crippen molar-refractivity contribution in [2.75, 3.05) is 13.4 Å². The van der Waals surface area contributed by atoms with Crippen LogP contribution in [-0.2, 0) is 9.53 Å². The van der Waals surface area contributed by atoms with Crippen molar-refractivity contribution in [3.63, 3.8) is 0 Å². The van der Waals surface area contributed by atoms with Crippen LogP contribution in [-0.4, -0.2) is 25.4 Å². The number of ether oxygens (including phenoxy) is 1. The van der Waals surface area contributed by atoms with E-state index in [2.05, 4.69) is 10.1 Å². The second-order valence-corrected chi connectivity index (χ2v) is 2.22. The van der Waals surface area contributed by atoms with E-state index in [1.165, 1.54) is 0 Å². The van der Waals surface area contributed by atoms with Crippen molar-refractivity contribution in [2.45, 2.75) is 18.9 Å². The van der Waals surface area contributed by atoms with Crippen LogP contribution in [0.15, 0.2) is 0 Å². The van der Waals surface area contributed by atoms with E-state index >= 15 is 0 Å². The number of hydrogen-bond donors (Lipinski definition) is 1. The summed E-state index contributed by atoms with van der Waals surface area (Å²) >= 11 is 0. The highest BCUT2D eigenvalue weighted by Crippen LogP contribution is 2.05. The lowest BCUT2D eigenvalue weighted by atomic mass is 10.2. The van der Waals surface area contributed by atoms with Gasteiger partial charge in [0.05, 0.1) is 0 Å². The molecule has 0 aromatic carbocycles. The van der Waals surface area contributed by atoms with E-state index in [0.717, 1.165) is 19.4 Å². The first-order chi connectivity index (χ1) is 4.84. The lowest BCUT2D eigenvalue weighted by Gasteiger charge is -2.06. The van der Waals surface area contributed by atoms with Gasteiger partial charge in [-0.05, 0) is 19.4 Å². The molecule has 10 heavy (non-hydrogen) atoms. The van der Waals surface area contributed by atoms with E-state index < -0.39 is 12.8 Å². The SMILES string of the molecule is O=C(OCF)[C@@H]1CCCN1. The second-order valence-electron chi connectivity index (χ2n) is 2.22. The van der Waals surface area contributed by atoms with Crippen molar-refractivity contribution < 1.29 is 13.9 Å². The molecule has 1 N–H and O–H groups in total. The van der Waals surface area contributed by atoms with E-state index in [1.54, 1.807) is 0 Å². The molecule has 1 heterocycles. The molecular formula is C6H10FNO2. The Hall–Kier alpha value is -0.640. The molecule has 1 fully saturated rings. The van der Waals surface area contributed by atoms with Crippen LogP contribution < -0.4 is 5.32 Å². The van der Waals surface area contributed by atoms with Gasteiger partial charge in [-0.15, -0.1) is 0 Å². The van der Waals surface area contributed by atoms with Gasteiger partial charge in [-0.1, -0.05) is 0 Å². The van der Waals surface area contributed by atoms with Crippen molar-refractivity contribution in [3.05, 3.63) is 0 Å². The lowest BCUT2D eigenvalue weighted by molar-refractivity contribution is -0.149. The molecule has 0 unspecified atom stereocenters. The van der Waals surface area contributed by atoms with Crippen LogP contribution in [0, 0.1) is 0 Å². The van der Waals surface area contributed by atoms with Crippen molar-refractivity contribution in [2.24, 2.45) is 0 Å². The second kappa shape index (κ2) is 3.51. The topological polar surface area (TPSA) is 38.3 Å². The maximum absolute atomic E-state index is 11.4. The molecule has 1 saturated heterocycles. The Morgan fingerprint density at radius 2 is 2.60 bits per heavy atom. The molecule has 0 spiro atoms. The average molecular weight is 147 g/mol. The first kappa shape index (κ1) is 7.47. The summed E-state index contributed by atoms with van der Waals surface area (Å²) in [7, 11) is 0. The molecule has 0 aromatic rings. The maximum atomic E-state index is 11.4. The molecule has 0 bridgehead atoms. The third kappa shape index (κ3) is 1.67. The number of esters is 1. The Balaban J connectivity index is 2.25. The highest BCUT2D eigenvalue weighted by Gasteiger charge is 2.22. The summed E-state index contributed by atoms with van der Waals surface area (Å²) < 4.78 is 15.6. The molecule has 58 valence electrons. The van der Waals surface area contributed by atoms with Gasteiger partial charge in [0, 0.05) is 0 Å². The molecule has 0 radical (unpaired) electrons. The van der Waals surface area contributed by atoms with Crippen LogP contribution in [0.25, 0.3) is 0 Å². The monoisotopic (exact) mass is 147 g/mol. The molecule has 1 aliphatic heterocycles. The van der Waals surface area contributed by atoms with Crippen LogP contribution in [0.1, 0.15) is 12.8 Å². The van der Waals surface area contributed by atoms with Crippen molar-refractivity contribution >= 4 is 5.97 Å². The quantitative estimate of drug-likeness (QED) is 0.567. The van der Waals surface area contributed by atoms with E-state index in [4.69, 9.17) is 0 Å². The predicted octanol–water partition coefficient (Wildman–Crippen LogP) is 0.209. The van der Waals surface area contributed by atoms with Crippen LogP contribution in [0.5, 0.6) is 0 Å². The average Bonchev–Trinajstić information content (AvgIpc) is 2.38. The zero-order chi connectivity index (χ0) is 7.40. The minimum absolute atomic E-state index is 0.268. The number of alkyl halides is 1. The van der Waals surface area contributed by atoms with Gasteiger partial charge >= 0.3 is 5.97 Å². The van der Waals surface area contributed by atoms with Gasteiger partial charge in [-0.25, -0.2) is 4.39 Å².